The van der Waals surface area contributed by atoms with Crippen LogP contribution in [0, 0.1) is 11.3 Å². The number of carbonyl (C=O) groups is 2. The highest BCUT2D eigenvalue weighted by molar-refractivity contribution is 5.86. The van der Waals surface area contributed by atoms with Crippen molar-refractivity contribution in [2.45, 2.75) is 40.2 Å². The summed E-state index contributed by atoms with van der Waals surface area (Å²) in [5, 5.41) is 11.8. The van der Waals surface area contributed by atoms with Gasteiger partial charge in [0.2, 0.25) is 5.91 Å². The molecule has 1 rings (SSSR count). The Morgan fingerprint density at radius 2 is 2.17 bits per heavy atom. The number of amides is 1. The molecular weight excluding hydrogens is 232 g/mol. The van der Waals surface area contributed by atoms with Crippen molar-refractivity contribution in [3.8, 4) is 0 Å². The monoisotopic (exact) mass is 256 g/mol. The molecule has 0 aromatic rings. The maximum atomic E-state index is 12.0. The van der Waals surface area contributed by atoms with E-state index < -0.39 is 12.0 Å². The van der Waals surface area contributed by atoms with Crippen LogP contribution < -0.4 is 5.32 Å². The quantitative estimate of drug-likeness (QED) is 0.785. The zero-order valence-corrected chi connectivity index (χ0v) is 11.7. The Hall–Kier alpha value is -1.10. The van der Waals surface area contributed by atoms with E-state index in [1.165, 1.54) is 0 Å². The summed E-state index contributed by atoms with van der Waals surface area (Å²) in [6.45, 7) is 10.4. The van der Waals surface area contributed by atoms with E-state index in [9.17, 15) is 9.59 Å². The fraction of sp³-hybridized carbons (Fsp3) is 0.846. The van der Waals surface area contributed by atoms with E-state index in [-0.39, 0.29) is 17.7 Å². The third-order valence-electron chi connectivity index (χ3n) is 3.08. The molecule has 1 fully saturated rings. The molecule has 0 aromatic carbocycles. The van der Waals surface area contributed by atoms with Crippen molar-refractivity contribution in [1.29, 1.82) is 0 Å². The van der Waals surface area contributed by atoms with Gasteiger partial charge in [0.1, 0.15) is 0 Å². The molecule has 5 heteroatoms. The molecule has 1 atom stereocenters. The number of nitrogens with one attached hydrogen (secondary N) is 1. The number of rotatable bonds is 4. The topological polar surface area (TPSA) is 69.6 Å². The predicted molar refractivity (Wildman–Crippen MR) is 69.2 cm³/mol. The van der Waals surface area contributed by atoms with Crippen LogP contribution in [0.2, 0.25) is 0 Å². The average molecular weight is 256 g/mol. The van der Waals surface area contributed by atoms with Crippen LogP contribution in [0.4, 0.5) is 0 Å². The molecule has 0 aliphatic carbocycles. The summed E-state index contributed by atoms with van der Waals surface area (Å²) in [7, 11) is 0. The molecular formula is C13H24N2O3. The minimum Gasteiger partial charge on any atom is -0.481 e. The van der Waals surface area contributed by atoms with Gasteiger partial charge in [0.25, 0.3) is 0 Å². The van der Waals surface area contributed by atoms with Crippen LogP contribution in [0.5, 0.6) is 0 Å². The molecule has 0 bridgehead atoms. The number of carbonyl (C=O) groups excluding carboxylic acids is 1. The van der Waals surface area contributed by atoms with Gasteiger partial charge in [0, 0.05) is 19.6 Å². The first kappa shape index (κ1) is 15.0. The number of nitrogens with zero attached hydrogens (tertiary/aromatic N) is 1. The summed E-state index contributed by atoms with van der Waals surface area (Å²) in [4.78, 5) is 24.9. The van der Waals surface area contributed by atoms with Crippen molar-refractivity contribution in [1.82, 2.24) is 10.2 Å². The Morgan fingerprint density at radius 1 is 1.56 bits per heavy atom. The SMILES string of the molecule is CC(C)CN1CC(C)(C)CNC(=O)C1CC(=O)O. The van der Waals surface area contributed by atoms with Gasteiger partial charge in [-0.3, -0.25) is 14.5 Å². The third kappa shape index (κ3) is 4.29. The van der Waals surface area contributed by atoms with E-state index in [0.717, 1.165) is 13.1 Å². The number of hydrogen-bond donors (Lipinski definition) is 2. The molecule has 1 aliphatic heterocycles. The van der Waals surface area contributed by atoms with Gasteiger partial charge in [-0.05, 0) is 11.3 Å². The zero-order chi connectivity index (χ0) is 13.9. The summed E-state index contributed by atoms with van der Waals surface area (Å²) in [6, 6.07) is -0.549. The van der Waals surface area contributed by atoms with Crippen molar-refractivity contribution in [2.24, 2.45) is 11.3 Å². The molecule has 1 heterocycles. The van der Waals surface area contributed by atoms with E-state index in [1.54, 1.807) is 0 Å². The second kappa shape index (κ2) is 5.69. The number of hydrogen-bond acceptors (Lipinski definition) is 3. The Morgan fingerprint density at radius 3 is 2.67 bits per heavy atom. The van der Waals surface area contributed by atoms with Crippen LogP contribution in [0.15, 0.2) is 0 Å². The van der Waals surface area contributed by atoms with Crippen molar-refractivity contribution >= 4 is 11.9 Å². The van der Waals surface area contributed by atoms with E-state index in [2.05, 4.69) is 33.0 Å². The molecule has 104 valence electrons. The van der Waals surface area contributed by atoms with Gasteiger partial charge < -0.3 is 10.4 Å². The molecule has 1 amide bonds. The normalized spacial score (nSPS) is 24.7. The smallest absolute Gasteiger partial charge is 0.305 e. The van der Waals surface area contributed by atoms with Crippen LogP contribution in [-0.2, 0) is 9.59 Å². The highest BCUT2D eigenvalue weighted by Gasteiger charge is 2.36. The molecule has 0 saturated carbocycles. The van der Waals surface area contributed by atoms with Crippen LogP contribution in [0.1, 0.15) is 34.1 Å². The van der Waals surface area contributed by atoms with Crippen molar-refractivity contribution in [2.75, 3.05) is 19.6 Å². The zero-order valence-electron chi connectivity index (χ0n) is 11.7. The van der Waals surface area contributed by atoms with Gasteiger partial charge in [-0.25, -0.2) is 0 Å². The van der Waals surface area contributed by atoms with Gasteiger partial charge >= 0.3 is 5.97 Å². The highest BCUT2D eigenvalue weighted by Crippen LogP contribution is 2.23. The summed E-state index contributed by atoms with van der Waals surface area (Å²) < 4.78 is 0. The lowest BCUT2D eigenvalue weighted by molar-refractivity contribution is -0.141. The van der Waals surface area contributed by atoms with E-state index in [1.807, 2.05) is 4.90 Å². The molecule has 0 radical (unpaired) electrons. The van der Waals surface area contributed by atoms with Crippen LogP contribution in [-0.4, -0.2) is 47.6 Å². The molecule has 1 unspecified atom stereocenters. The van der Waals surface area contributed by atoms with Crippen molar-refractivity contribution in [3.63, 3.8) is 0 Å². The molecule has 2 N–H and O–H groups in total. The summed E-state index contributed by atoms with van der Waals surface area (Å²) >= 11 is 0. The van der Waals surface area contributed by atoms with Crippen LogP contribution in [0.25, 0.3) is 0 Å². The number of aliphatic carboxylic acids is 1. The van der Waals surface area contributed by atoms with Crippen molar-refractivity contribution < 1.29 is 14.7 Å². The summed E-state index contributed by atoms with van der Waals surface area (Å²) in [5.74, 6) is -0.685. The summed E-state index contributed by atoms with van der Waals surface area (Å²) in [6.07, 6.45) is -0.130. The predicted octanol–water partition coefficient (Wildman–Crippen LogP) is 0.944. The molecule has 0 aromatic heterocycles. The van der Waals surface area contributed by atoms with Gasteiger partial charge in [-0.1, -0.05) is 27.7 Å². The van der Waals surface area contributed by atoms with Gasteiger partial charge in [-0.2, -0.15) is 0 Å². The van der Waals surface area contributed by atoms with Gasteiger partial charge in [-0.15, -0.1) is 0 Å². The van der Waals surface area contributed by atoms with Gasteiger partial charge in [0.05, 0.1) is 12.5 Å². The van der Waals surface area contributed by atoms with E-state index in [4.69, 9.17) is 5.11 Å². The Balaban J connectivity index is 2.91. The molecule has 5 nitrogen and oxygen atoms in total. The number of carboxylic acid groups (broad SMARTS) is 1. The highest BCUT2D eigenvalue weighted by atomic mass is 16.4. The lowest BCUT2D eigenvalue weighted by Crippen LogP contribution is -2.47. The van der Waals surface area contributed by atoms with E-state index in [0.29, 0.717) is 12.5 Å². The van der Waals surface area contributed by atoms with Crippen LogP contribution in [0.3, 0.4) is 0 Å². The maximum Gasteiger partial charge on any atom is 0.305 e. The lowest BCUT2D eigenvalue weighted by Gasteiger charge is -2.33. The third-order valence-corrected chi connectivity index (χ3v) is 3.08. The average Bonchev–Trinajstić information content (AvgIpc) is 2.28. The minimum absolute atomic E-state index is 0.0300. The molecule has 18 heavy (non-hydrogen) atoms. The molecule has 0 spiro atoms. The lowest BCUT2D eigenvalue weighted by atomic mass is 9.92. The second-order valence-corrected chi connectivity index (χ2v) is 6.32. The fourth-order valence-electron chi connectivity index (χ4n) is 2.37. The first-order valence-corrected chi connectivity index (χ1v) is 6.45. The first-order valence-electron chi connectivity index (χ1n) is 6.45. The van der Waals surface area contributed by atoms with Gasteiger partial charge in [0.15, 0.2) is 0 Å². The fourth-order valence-corrected chi connectivity index (χ4v) is 2.37. The first-order chi connectivity index (χ1) is 8.21. The van der Waals surface area contributed by atoms with Crippen molar-refractivity contribution in [3.05, 3.63) is 0 Å². The minimum atomic E-state index is -0.927. The Bertz CT molecular complexity index is 326. The number of carboxylic acids is 1. The Kier molecular flexibility index (Phi) is 4.73. The van der Waals surface area contributed by atoms with E-state index >= 15 is 0 Å². The van der Waals surface area contributed by atoms with Crippen LogP contribution >= 0.6 is 0 Å². The maximum absolute atomic E-state index is 12.0. The summed E-state index contributed by atoms with van der Waals surface area (Å²) in [5.41, 5.74) is -0.0300. The second-order valence-electron chi connectivity index (χ2n) is 6.32. The molecule has 1 aliphatic rings. The molecule has 1 saturated heterocycles. The largest absolute Gasteiger partial charge is 0.481 e. The standard InChI is InChI=1S/C13H24N2O3/c1-9(2)6-15-8-13(3,4)7-14-12(18)10(15)5-11(16)17/h9-10H,5-8H2,1-4H3,(H,14,18)(H,16,17). The Labute approximate surface area is 109 Å².